The Morgan fingerprint density at radius 1 is 1.31 bits per heavy atom. The van der Waals surface area contributed by atoms with Crippen molar-refractivity contribution in [2.24, 2.45) is 0 Å². The maximum atomic E-state index is 12.5. The Morgan fingerprint density at radius 2 is 2.04 bits per heavy atom. The highest BCUT2D eigenvalue weighted by Gasteiger charge is 2.22. The van der Waals surface area contributed by atoms with E-state index in [2.05, 4.69) is 17.3 Å². The first-order valence-corrected chi connectivity index (χ1v) is 10.4. The van der Waals surface area contributed by atoms with Crippen LogP contribution in [0.3, 0.4) is 0 Å². The summed E-state index contributed by atoms with van der Waals surface area (Å²) >= 11 is 0. The topological polar surface area (TPSA) is 84.3 Å². The van der Waals surface area contributed by atoms with Crippen molar-refractivity contribution in [1.29, 1.82) is 0 Å². The van der Waals surface area contributed by atoms with Gasteiger partial charge in [0.05, 0.1) is 18.1 Å². The minimum atomic E-state index is -3.59. The molecule has 26 heavy (non-hydrogen) atoms. The highest BCUT2D eigenvalue weighted by molar-refractivity contribution is 7.92. The Hall–Kier alpha value is -2.35. The van der Waals surface area contributed by atoms with E-state index in [1.807, 2.05) is 19.9 Å². The largest absolute Gasteiger partial charge is 0.309 e. The van der Waals surface area contributed by atoms with Crippen molar-refractivity contribution >= 4 is 27.4 Å². The van der Waals surface area contributed by atoms with Crippen LogP contribution < -0.4 is 9.62 Å². The molecule has 8 heteroatoms. The number of unbranched alkanes of at least 4 members (excludes halogenated alkanes) is 1. The zero-order valence-corrected chi connectivity index (χ0v) is 16.5. The lowest BCUT2D eigenvalue weighted by molar-refractivity contribution is -0.114. The molecule has 0 fully saturated rings. The van der Waals surface area contributed by atoms with Crippen molar-refractivity contribution < 1.29 is 13.2 Å². The molecule has 0 saturated heterocycles. The molecule has 1 amide bonds. The molecule has 0 aliphatic carbocycles. The van der Waals surface area contributed by atoms with E-state index in [1.165, 1.54) is 0 Å². The van der Waals surface area contributed by atoms with E-state index in [-0.39, 0.29) is 6.54 Å². The molecular weight excluding hydrogens is 352 g/mol. The highest BCUT2D eigenvalue weighted by Crippen LogP contribution is 2.20. The molecule has 0 spiro atoms. The van der Waals surface area contributed by atoms with Gasteiger partial charge in [0, 0.05) is 12.1 Å². The Balaban J connectivity index is 2.20. The van der Waals surface area contributed by atoms with Gasteiger partial charge in [-0.25, -0.2) is 13.1 Å². The summed E-state index contributed by atoms with van der Waals surface area (Å²) in [6, 6.07) is 7.06. The second-order valence-corrected chi connectivity index (χ2v) is 8.32. The molecule has 0 bridgehead atoms. The summed E-state index contributed by atoms with van der Waals surface area (Å²) in [6.45, 7) is 6.23. The molecule has 0 radical (unpaired) electrons. The van der Waals surface area contributed by atoms with E-state index in [9.17, 15) is 13.2 Å². The number of aromatic nitrogens is 2. The van der Waals surface area contributed by atoms with Gasteiger partial charge in [-0.05, 0) is 38.0 Å². The zero-order chi connectivity index (χ0) is 19.3. The standard InChI is InChI=1S/C18H26N4O3S/c1-5-6-10-21-18(15(3)12-19-21)20-17(23)13-22(26(4,24)25)16-9-7-8-14(2)11-16/h7-9,11-12H,5-6,10,13H2,1-4H3,(H,20,23). The lowest BCUT2D eigenvalue weighted by Crippen LogP contribution is -2.37. The molecule has 0 aliphatic heterocycles. The lowest BCUT2D eigenvalue weighted by atomic mass is 10.2. The predicted octanol–water partition coefficient (Wildman–Crippen LogP) is 2.70. The van der Waals surface area contributed by atoms with Crippen LogP contribution in [0.25, 0.3) is 0 Å². The molecule has 1 heterocycles. The molecule has 0 aliphatic rings. The van der Waals surface area contributed by atoms with Gasteiger partial charge in [-0.1, -0.05) is 25.5 Å². The van der Waals surface area contributed by atoms with Gasteiger partial charge in [0.1, 0.15) is 12.4 Å². The van der Waals surface area contributed by atoms with Crippen LogP contribution >= 0.6 is 0 Å². The van der Waals surface area contributed by atoms with Gasteiger partial charge < -0.3 is 5.32 Å². The van der Waals surface area contributed by atoms with Gasteiger partial charge in [-0.3, -0.25) is 9.10 Å². The van der Waals surface area contributed by atoms with Gasteiger partial charge in [0.25, 0.3) is 0 Å². The average molecular weight is 378 g/mol. The molecule has 2 rings (SSSR count). The fraction of sp³-hybridized carbons (Fsp3) is 0.444. The number of nitrogens with zero attached hydrogens (tertiary/aromatic N) is 3. The molecule has 2 aromatic rings. The van der Waals surface area contributed by atoms with Crippen LogP contribution in [-0.4, -0.2) is 36.9 Å². The first-order valence-electron chi connectivity index (χ1n) is 8.59. The maximum absolute atomic E-state index is 12.5. The fourth-order valence-corrected chi connectivity index (χ4v) is 3.45. The second-order valence-electron chi connectivity index (χ2n) is 6.41. The van der Waals surface area contributed by atoms with Crippen LogP contribution in [0.15, 0.2) is 30.5 Å². The summed E-state index contributed by atoms with van der Waals surface area (Å²) in [6.07, 6.45) is 4.75. The first kappa shape index (κ1) is 20.0. The third-order valence-corrected chi connectivity index (χ3v) is 5.12. The summed E-state index contributed by atoms with van der Waals surface area (Å²) in [7, 11) is -3.59. The number of carbonyl (C=O) groups is 1. The number of rotatable bonds is 8. The number of carbonyl (C=O) groups excluding carboxylic acids is 1. The quantitative estimate of drug-likeness (QED) is 0.765. The number of benzene rings is 1. The molecule has 0 atom stereocenters. The maximum Gasteiger partial charge on any atom is 0.246 e. The second kappa shape index (κ2) is 8.35. The smallest absolute Gasteiger partial charge is 0.246 e. The van der Waals surface area contributed by atoms with E-state index in [0.29, 0.717) is 18.1 Å². The minimum absolute atomic E-state index is 0.291. The van der Waals surface area contributed by atoms with E-state index in [4.69, 9.17) is 0 Å². The predicted molar refractivity (Wildman–Crippen MR) is 104 cm³/mol. The van der Waals surface area contributed by atoms with Crippen molar-refractivity contribution in [3.63, 3.8) is 0 Å². The summed E-state index contributed by atoms with van der Waals surface area (Å²) < 4.78 is 27.2. The summed E-state index contributed by atoms with van der Waals surface area (Å²) in [4.78, 5) is 12.5. The average Bonchev–Trinajstić information content (AvgIpc) is 2.90. The van der Waals surface area contributed by atoms with Crippen molar-refractivity contribution in [1.82, 2.24) is 9.78 Å². The molecule has 142 valence electrons. The number of anilines is 2. The van der Waals surface area contributed by atoms with E-state index >= 15 is 0 Å². The van der Waals surface area contributed by atoms with E-state index < -0.39 is 15.9 Å². The SMILES string of the molecule is CCCCn1ncc(C)c1NC(=O)CN(c1cccc(C)c1)S(C)(=O)=O. The number of hydrogen-bond acceptors (Lipinski definition) is 4. The highest BCUT2D eigenvalue weighted by atomic mass is 32.2. The molecule has 1 aromatic carbocycles. The summed E-state index contributed by atoms with van der Waals surface area (Å²) in [5.74, 6) is 0.208. The fourth-order valence-electron chi connectivity index (χ4n) is 2.60. The third kappa shape index (κ3) is 5.08. The summed E-state index contributed by atoms with van der Waals surface area (Å²) in [5.41, 5.74) is 2.24. The number of aryl methyl sites for hydroxylation is 3. The third-order valence-electron chi connectivity index (χ3n) is 3.98. The first-order chi connectivity index (χ1) is 12.2. The lowest BCUT2D eigenvalue weighted by Gasteiger charge is -2.22. The molecule has 1 N–H and O–H groups in total. The minimum Gasteiger partial charge on any atom is -0.309 e. The Kier molecular flexibility index (Phi) is 6.42. The van der Waals surface area contributed by atoms with E-state index in [1.54, 1.807) is 29.1 Å². The Bertz CT molecular complexity index is 874. The number of sulfonamides is 1. The van der Waals surface area contributed by atoms with E-state index in [0.717, 1.165) is 34.5 Å². The number of amides is 1. The van der Waals surface area contributed by atoms with Crippen LogP contribution in [0.2, 0.25) is 0 Å². The van der Waals surface area contributed by atoms with Gasteiger partial charge >= 0.3 is 0 Å². The normalized spacial score (nSPS) is 11.4. The van der Waals surface area contributed by atoms with Crippen LogP contribution in [-0.2, 0) is 21.4 Å². The van der Waals surface area contributed by atoms with Gasteiger partial charge in [-0.2, -0.15) is 5.10 Å². The molecule has 1 aromatic heterocycles. The van der Waals surface area contributed by atoms with Gasteiger partial charge in [0.15, 0.2) is 0 Å². The number of nitrogens with one attached hydrogen (secondary N) is 1. The van der Waals surface area contributed by atoms with Gasteiger partial charge in [0.2, 0.25) is 15.9 Å². The van der Waals surface area contributed by atoms with Crippen LogP contribution in [0.1, 0.15) is 30.9 Å². The van der Waals surface area contributed by atoms with Crippen molar-refractivity contribution in [2.45, 2.75) is 40.2 Å². The molecule has 0 saturated carbocycles. The molecular formula is C18H26N4O3S. The Morgan fingerprint density at radius 3 is 2.65 bits per heavy atom. The van der Waals surface area contributed by atoms with Crippen LogP contribution in [0.4, 0.5) is 11.5 Å². The summed E-state index contributed by atoms with van der Waals surface area (Å²) in [5, 5.41) is 7.08. The van der Waals surface area contributed by atoms with Crippen molar-refractivity contribution in [3.05, 3.63) is 41.6 Å². The van der Waals surface area contributed by atoms with Crippen molar-refractivity contribution in [3.8, 4) is 0 Å². The monoisotopic (exact) mass is 378 g/mol. The van der Waals surface area contributed by atoms with Crippen LogP contribution in [0, 0.1) is 13.8 Å². The van der Waals surface area contributed by atoms with Crippen LogP contribution in [0.5, 0.6) is 0 Å². The van der Waals surface area contributed by atoms with Gasteiger partial charge in [-0.15, -0.1) is 0 Å². The van der Waals surface area contributed by atoms with Crippen molar-refractivity contribution in [2.75, 3.05) is 22.4 Å². The molecule has 0 unspecified atom stereocenters. The molecule has 7 nitrogen and oxygen atoms in total. The Labute approximate surface area is 155 Å². The number of hydrogen-bond donors (Lipinski definition) is 1. The zero-order valence-electron chi connectivity index (χ0n) is 15.7.